The van der Waals surface area contributed by atoms with Crippen molar-refractivity contribution >= 4 is 34.9 Å². The Balaban J connectivity index is 1.56. The minimum Gasteiger partial charge on any atom is -0.356 e. The van der Waals surface area contributed by atoms with Gasteiger partial charge in [-0.25, -0.2) is 0 Å². The second-order valence-corrected chi connectivity index (χ2v) is 6.73. The minimum absolute atomic E-state index is 0.101. The van der Waals surface area contributed by atoms with Gasteiger partial charge in [0.2, 0.25) is 11.8 Å². The molecule has 1 aromatic heterocycles. The summed E-state index contributed by atoms with van der Waals surface area (Å²) in [6, 6.07) is 7.59. The average molecular weight is 370 g/mol. The first-order chi connectivity index (χ1) is 13.0. The number of aldehydes is 1. The fourth-order valence-corrected chi connectivity index (χ4v) is 3.17. The first-order valence-corrected chi connectivity index (χ1v) is 8.90. The van der Waals surface area contributed by atoms with E-state index in [0.717, 1.165) is 10.9 Å². The zero-order valence-corrected chi connectivity index (χ0v) is 15.0. The van der Waals surface area contributed by atoms with Crippen molar-refractivity contribution in [2.24, 2.45) is 5.92 Å². The number of para-hydroxylation sites is 1. The van der Waals surface area contributed by atoms with Gasteiger partial charge in [0.25, 0.3) is 5.91 Å². The van der Waals surface area contributed by atoms with Crippen molar-refractivity contribution in [3.8, 4) is 0 Å². The van der Waals surface area contributed by atoms with Gasteiger partial charge in [-0.15, -0.1) is 0 Å². The zero-order chi connectivity index (χ0) is 19.4. The summed E-state index contributed by atoms with van der Waals surface area (Å²) in [6.07, 6.45) is 1.52. The Bertz CT molecular complexity index is 842. The Morgan fingerprint density at radius 3 is 2.74 bits per heavy atom. The SMILES string of the molecule is C[C@H](NC(=O)c1cc2ccccc2[nH]1)C(=O)N[C@H](C=O)C[C@@H]1CCNC1=O. The lowest BCUT2D eigenvalue weighted by Crippen LogP contribution is -2.49. The van der Waals surface area contributed by atoms with E-state index in [1.54, 1.807) is 13.0 Å². The molecule has 142 valence electrons. The van der Waals surface area contributed by atoms with Gasteiger partial charge in [0.1, 0.15) is 18.0 Å². The molecule has 0 spiro atoms. The van der Waals surface area contributed by atoms with Gasteiger partial charge in [0.15, 0.2) is 0 Å². The maximum atomic E-state index is 12.4. The van der Waals surface area contributed by atoms with Crippen LogP contribution in [-0.4, -0.2) is 47.6 Å². The highest BCUT2D eigenvalue weighted by atomic mass is 16.2. The molecule has 8 nitrogen and oxygen atoms in total. The molecule has 1 aliphatic heterocycles. The van der Waals surface area contributed by atoms with Crippen LogP contribution in [-0.2, 0) is 14.4 Å². The maximum Gasteiger partial charge on any atom is 0.268 e. The summed E-state index contributed by atoms with van der Waals surface area (Å²) in [5, 5.41) is 8.80. The van der Waals surface area contributed by atoms with Crippen molar-refractivity contribution in [3.63, 3.8) is 0 Å². The highest BCUT2D eigenvalue weighted by Crippen LogP contribution is 2.16. The molecule has 0 bridgehead atoms. The molecule has 4 N–H and O–H groups in total. The Morgan fingerprint density at radius 2 is 2.07 bits per heavy atom. The van der Waals surface area contributed by atoms with Gasteiger partial charge in [0.05, 0.1) is 6.04 Å². The molecule has 2 heterocycles. The van der Waals surface area contributed by atoms with Crippen LogP contribution < -0.4 is 16.0 Å². The number of hydrogen-bond acceptors (Lipinski definition) is 4. The summed E-state index contributed by atoms with van der Waals surface area (Å²) >= 11 is 0. The van der Waals surface area contributed by atoms with Crippen LogP contribution in [0.5, 0.6) is 0 Å². The monoisotopic (exact) mass is 370 g/mol. The van der Waals surface area contributed by atoms with Crippen LogP contribution in [0.4, 0.5) is 0 Å². The molecule has 27 heavy (non-hydrogen) atoms. The largest absolute Gasteiger partial charge is 0.356 e. The predicted molar refractivity (Wildman–Crippen MR) is 99.0 cm³/mol. The molecule has 1 aliphatic rings. The minimum atomic E-state index is -0.830. The topological polar surface area (TPSA) is 120 Å². The standard InChI is InChI=1S/C19H22N4O4/c1-11(17(25)22-14(10-24)8-13-6-7-20-18(13)26)21-19(27)16-9-12-4-2-3-5-15(12)23-16/h2-5,9-11,13-14,23H,6-8H2,1H3,(H,20,26)(H,21,27)(H,22,25)/t11-,13-,14-/m0/s1. The molecular formula is C19H22N4O4. The summed E-state index contributed by atoms with van der Waals surface area (Å²) in [6.45, 7) is 2.13. The van der Waals surface area contributed by atoms with E-state index >= 15 is 0 Å². The Labute approximate surface area is 156 Å². The van der Waals surface area contributed by atoms with Gasteiger partial charge in [-0.05, 0) is 31.9 Å². The number of fused-ring (bicyclic) bond motifs is 1. The van der Waals surface area contributed by atoms with Crippen molar-refractivity contribution in [1.29, 1.82) is 0 Å². The van der Waals surface area contributed by atoms with Crippen LogP contribution in [0.15, 0.2) is 30.3 Å². The quantitative estimate of drug-likeness (QED) is 0.530. The summed E-state index contributed by atoms with van der Waals surface area (Å²) in [5.41, 5.74) is 1.18. The van der Waals surface area contributed by atoms with Gasteiger partial charge in [0, 0.05) is 23.4 Å². The third kappa shape index (κ3) is 4.33. The number of aromatic nitrogens is 1. The van der Waals surface area contributed by atoms with Crippen LogP contribution in [0.2, 0.25) is 0 Å². The summed E-state index contributed by atoms with van der Waals surface area (Å²) in [7, 11) is 0. The average Bonchev–Trinajstić information content (AvgIpc) is 3.27. The number of rotatable bonds is 7. The van der Waals surface area contributed by atoms with Crippen molar-refractivity contribution in [1.82, 2.24) is 20.9 Å². The van der Waals surface area contributed by atoms with Gasteiger partial charge >= 0.3 is 0 Å². The Morgan fingerprint density at radius 1 is 1.30 bits per heavy atom. The molecule has 0 radical (unpaired) electrons. The molecular weight excluding hydrogens is 348 g/mol. The van der Waals surface area contributed by atoms with Crippen molar-refractivity contribution < 1.29 is 19.2 Å². The number of carbonyl (C=O) groups excluding carboxylic acids is 4. The third-order valence-corrected chi connectivity index (χ3v) is 4.71. The summed E-state index contributed by atoms with van der Waals surface area (Å²) in [5.74, 6) is -1.27. The molecule has 3 rings (SSSR count). The first kappa shape index (κ1) is 18.6. The Kier molecular flexibility index (Phi) is 5.54. The molecule has 0 aliphatic carbocycles. The van der Waals surface area contributed by atoms with E-state index in [1.165, 1.54) is 0 Å². The second kappa shape index (κ2) is 8.03. The predicted octanol–water partition coefficient (Wildman–Crippen LogP) is 0.496. The van der Waals surface area contributed by atoms with E-state index in [2.05, 4.69) is 20.9 Å². The molecule has 3 amide bonds. The number of amides is 3. The lowest BCUT2D eigenvalue weighted by atomic mass is 9.99. The molecule has 1 saturated heterocycles. The highest BCUT2D eigenvalue weighted by molar-refractivity contribution is 6.00. The molecule has 0 unspecified atom stereocenters. The molecule has 1 aromatic carbocycles. The van der Waals surface area contributed by atoms with E-state index < -0.39 is 23.9 Å². The fraction of sp³-hybridized carbons (Fsp3) is 0.368. The number of benzene rings is 1. The van der Waals surface area contributed by atoms with Gasteiger partial charge in [-0.3, -0.25) is 14.4 Å². The van der Waals surface area contributed by atoms with E-state index in [-0.39, 0.29) is 18.2 Å². The van der Waals surface area contributed by atoms with Crippen LogP contribution in [0.1, 0.15) is 30.3 Å². The fourth-order valence-electron chi connectivity index (χ4n) is 3.17. The van der Waals surface area contributed by atoms with Crippen LogP contribution >= 0.6 is 0 Å². The van der Waals surface area contributed by atoms with Gasteiger partial charge < -0.3 is 25.7 Å². The van der Waals surface area contributed by atoms with Crippen molar-refractivity contribution in [2.45, 2.75) is 31.8 Å². The Hall–Kier alpha value is -3.16. The highest BCUT2D eigenvalue weighted by Gasteiger charge is 2.28. The third-order valence-electron chi connectivity index (χ3n) is 4.71. The van der Waals surface area contributed by atoms with Crippen molar-refractivity contribution in [3.05, 3.63) is 36.0 Å². The van der Waals surface area contributed by atoms with Gasteiger partial charge in [-0.1, -0.05) is 18.2 Å². The van der Waals surface area contributed by atoms with E-state index in [0.29, 0.717) is 24.9 Å². The molecule has 0 saturated carbocycles. The summed E-state index contributed by atoms with van der Waals surface area (Å²) in [4.78, 5) is 50.6. The van der Waals surface area contributed by atoms with Gasteiger partial charge in [-0.2, -0.15) is 0 Å². The van der Waals surface area contributed by atoms with Crippen LogP contribution in [0, 0.1) is 5.92 Å². The number of nitrogens with one attached hydrogen (secondary N) is 4. The normalized spacial score (nSPS) is 18.6. The lowest BCUT2D eigenvalue weighted by molar-refractivity contribution is -0.127. The van der Waals surface area contributed by atoms with E-state index in [4.69, 9.17) is 0 Å². The molecule has 2 aromatic rings. The van der Waals surface area contributed by atoms with E-state index in [9.17, 15) is 19.2 Å². The molecule has 1 fully saturated rings. The smallest absolute Gasteiger partial charge is 0.268 e. The molecule has 3 atom stereocenters. The number of H-pyrrole nitrogens is 1. The van der Waals surface area contributed by atoms with Crippen LogP contribution in [0.25, 0.3) is 10.9 Å². The number of carbonyl (C=O) groups is 4. The van der Waals surface area contributed by atoms with E-state index in [1.807, 2.05) is 24.3 Å². The lowest BCUT2D eigenvalue weighted by Gasteiger charge is -2.19. The maximum absolute atomic E-state index is 12.4. The number of aromatic amines is 1. The zero-order valence-electron chi connectivity index (χ0n) is 15.0. The van der Waals surface area contributed by atoms with Crippen molar-refractivity contribution in [2.75, 3.05) is 6.54 Å². The second-order valence-electron chi connectivity index (χ2n) is 6.73. The summed E-state index contributed by atoms with van der Waals surface area (Å²) < 4.78 is 0. The molecule has 8 heteroatoms. The first-order valence-electron chi connectivity index (χ1n) is 8.90. The van der Waals surface area contributed by atoms with Crippen LogP contribution in [0.3, 0.4) is 0 Å². The number of hydrogen-bond donors (Lipinski definition) is 4.